The first-order chi connectivity index (χ1) is 8.70. The molecule has 1 aromatic carbocycles. The highest BCUT2D eigenvalue weighted by atomic mass is 127. The highest BCUT2D eigenvalue weighted by Gasteiger charge is 2.25. The molecule has 1 aliphatic heterocycles. The molecule has 1 aromatic rings. The third-order valence-corrected chi connectivity index (χ3v) is 4.15. The van der Waals surface area contributed by atoms with Gasteiger partial charge >= 0.3 is 0 Å². The summed E-state index contributed by atoms with van der Waals surface area (Å²) < 4.78 is 1.03. The summed E-state index contributed by atoms with van der Waals surface area (Å²) in [4.78, 5) is 14.0. The number of hydrogen-bond acceptors (Lipinski definition) is 3. The van der Waals surface area contributed by atoms with Gasteiger partial charge in [-0.2, -0.15) is 0 Å². The summed E-state index contributed by atoms with van der Waals surface area (Å²) in [6.45, 7) is 1.39. The molecule has 0 bridgehead atoms. The number of likely N-dealkylation sites (tertiary alicyclic amines) is 1. The van der Waals surface area contributed by atoms with Gasteiger partial charge in [-0.25, -0.2) is 0 Å². The predicted octanol–water partition coefficient (Wildman–Crippen LogP) is 1.69. The lowest BCUT2D eigenvalue weighted by atomic mass is 10.2. The number of benzene rings is 1. The average Bonchev–Trinajstić information content (AvgIpc) is 2.79. The highest BCUT2D eigenvalue weighted by molar-refractivity contribution is 14.1. The first kappa shape index (κ1) is 13.8. The van der Waals surface area contributed by atoms with Crippen LogP contribution in [0.3, 0.4) is 0 Å². The fourth-order valence-electron chi connectivity index (χ4n) is 2.25. The topological polar surface area (TPSA) is 52.6 Å². The van der Waals surface area contributed by atoms with Crippen molar-refractivity contribution in [2.75, 3.05) is 25.0 Å². The number of rotatable bonds is 4. The van der Waals surface area contributed by atoms with E-state index in [0.717, 1.165) is 28.6 Å². The van der Waals surface area contributed by atoms with E-state index in [4.69, 9.17) is 0 Å². The van der Waals surface area contributed by atoms with E-state index in [2.05, 4.69) is 27.9 Å². The van der Waals surface area contributed by atoms with Crippen molar-refractivity contribution in [3.63, 3.8) is 0 Å². The Bertz CT molecular complexity index is 425. The van der Waals surface area contributed by atoms with Gasteiger partial charge in [0.1, 0.15) is 0 Å². The Balaban J connectivity index is 1.91. The summed E-state index contributed by atoms with van der Waals surface area (Å²) in [6.07, 6.45) is 2.04. The average molecular weight is 360 g/mol. The van der Waals surface area contributed by atoms with Crippen molar-refractivity contribution in [1.82, 2.24) is 4.90 Å². The second-order valence-electron chi connectivity index (χ2n) is 4.48. The van der Waals surface area contributed by atoms with E-state index in [0.29, 0.717) is 6.54 Å². The van der Waals surface area contributed by atoms with Gasteiger partial charge in [-0.05, 0) is 54.1 Å². The van der Waals surface area contributed by atoms with E-state index < -0.39 is 0 Å². The Kier molecular flexibility index (Phi) is 4.96. The molecule has 1 fully saturated rings. The number of para-hydroxylation sites is 1. The van der Waals surface area contributed by atoms with Crippen LogP contribution in [-0.4, -0.2) is 41.7 Å². The van der Waals surface area contributed by atoms with Crippen molar-refractivity contribution in [2.24, 2.45) is 0 Å². The molecule has 0 saturated carbocycles. The molecule has 2 rings (SSSR count). The van der Waals surface area contributed by atoms with Gasteiger partial charge in [0.05, 0.1) is 18.8 Å². The van der Waals surface area contributed by atoms with Gasteiger partial charge < -0.3 is 10.4 Å². The maximum Gasteiger partial charge on any atom is 0.238 e. The zero-order valence-electron chi connectivity index (χ0n) is 10.1. The minimum atomic E-state index is -0.0144. The number of aliphatic hydroxyl groups excluding tert-OH is 1. The summed E-state index contributed by atoms with van der Waals surface area (Å²) >= 11 is 2.20. The molecule has 0 aromatic heterocycles. The molecular formula is C13H17IN2O2. The molecule has 0 radical (unpaired) electrons. The van der Waals surface area contributed by atoms with Crippen LogP contribution in [0.1, 0.15) is 12.8 Å². The van der Waals surface area contributed by atoms with Crippen LogP contribution in [0.2, 0.25) is 0 Å². The number of hydrogen-bond donors (Lipinski definition) is 2. The van der Waals surface area contributed by atoms with Gasteiger partial charge in [0, 0.05) is 9.61 Å². The lowest BCUT2D eigenvalue weighted by molar-refractivity contribution is -0.117. The molecule has 1 unspecified atom stereocenters. The van der Waals surface area contributed by atoms with E-state index in [9.17, 15) is 9.90 Å². The zero-order valence-corrected chi connectivity index (χ0v) is 12.3. The van der Waals surface area contributed by atoms with Crippen LogP contribution in [0, 0.1) is 3.57 Å². The quantitative estimate of drug-likeness (QED) is 0.804. The second-order valence-corrected chi connectivity index (χ2v) is 5.64. The number of anilines is 1. The number of halogens is 1. The van der Waals surface area contributed by atoms with Crippen LogP contribution in [0.4, 0.5) is 5.69 Å². The summed E-state index contributed by atoms with van der Waals surface area (Å²) in [6, 6.07) is 7.85. The smallest absolute Gasteiger partial charge is 0.238 e. The Morgan fingerprint density at radius 2 is 2.28 bits per heavy atom. The Labute approximate surface area is 121 Å². The van der Waals surface area contributed by atoms with Crippen molar-refractivity contribution < 1.29 is 9.90 Å². The molecule has 2 N–H and O–H groups in total. The molecule has 5 heteroatoms. The fraction of sp³-hybridized carbons (Fsp3) is 0.462. The lowest BCUT2D eigenvalue weighted by Crippen LogP contribution is -2.38. The molecule has 18 heavy (non-hydrogen) atoms. The molecular weight excluding hydrogens is 343 g/mol. The normalized spacial score (nSPS) is 20.0. The molecule has 1 aliphatic rings. The first-order valence-electron chi connectivity index (χ1n) is 6.10. The Hall–Kier alpha value is -0.660. The van der Waals surface area contributed by atoms with E-state index in [1.807, 2.05) is 29.2 Å². The van der Waals surface area contributed by atoms with E-state index in [1.54, 1.807) is 0 Å². The van der Waals surface area contributed by atoms with Gasteiger partial charge in [0.15, 0.2) is 0 Å². The molecule has 1 atom stereocenters. The first-order valence-corrected chi connectivity index (χ1v) is 7.18. The van der Waals surface area contributed by atoms with Crippen molar-refractivity contribution in [3.05, 3.63) is 27.8 Å². The number of nitrogens with one attached hydrogen (secondary N) is 1. The molecule has 1 saturated heterocycles. The second kappa shape index (κ2) is 6.49. The third-order valence-electron chi connectivity index (χ3n) is 3.20. The molecule has 4 nitrogen and oxygen atoms in total. The number of nitrogens with zero attached hydrogens (tertiary/aromatic N) is 1. The Morgan fingerprint density at radius 3 is 3.00 bits per heavy atom. The SMILES string of the molecule is O=C(CN1CCCC1CO)Nc1ccccc1I. The minimum Gasteiger partial charge on any atom is -0.395 e. The van der Waals surface area contributed by atoms with Crippen molar-refractivity contribution >= 4 is 34.2 Å². The van der Waals surface area contributed by atoms with Gasteiger partial charge in [-0.1, -0.05) is 12.1 Å². The third kappa shape index (κ3) is 3.43. The number of carbonyl (C=O) groups excluding carboxylic acids is 1. The van der Waals surface area contributed by atoms with E-state index in [-0.39, 0.29) is 18.6 Å². The van der Waals surface area contributed by atoms with Crippen molar-refractivity contribution in [2.45, 2.75) is 18.9 Å². The number of aliphatic hydroxyl groups is 1. The van der Waals surface area contributed by atoms with Gasteiger partial charge in [-0.3, -0.25) is 9.69 Å². The van der Waals surface area contributed by atoms with Crippen LogP contribution in [0.5, 0.6) is 0 Å². The summed E-state index contributed by atoms with van der Waals surface area (Å²) in [5, 5.41) is 12.1. The molecule has 98 valence electrons. The fourth-order valence-corrected chi connectivity index (χ4v) is 2.77. The van der Waals surface area contributed by atoms with Crippen LogP contribution in [-0.2, 0) is 4.79 Å². The lowest BCUT2D eigenvalue weighted by Gasteiger charge is -2.21. The zero-order chi connectivity index (χ0) is 13.0. The van der Waals surface area contributed by atoms with Crippen LogP contribution < -0.4 is 5.32 Å². The summed E-state index contributed by atoms with van der Waals surface area (Å²) in [5.74, 6) is -0.0144. The molecule has 1 heterocycles. The number of amides is 1. The van der Waals surface area contributed by atoms with Crippen LogP contribution in [0.15, 0.2) is 24.3 Å². The highest BCUT2D eigenvalue weighted by Crippen LogP contribution is 2.18. The maximum atomic E-state index is 11.9. The summed E-state index contributed by atoms with van der Waals surface area (Å²) in [7, 11) is 0. The largest absolute Gasteiger partial charge is 0.395 e. The monoisotopic (exact) mass is 360 g/mol. The maximum absolute atomic E-state index is 11.9. The van der Waals surface area contributed by atoms with Crippen molar-refractivity contribution in [1.29, 1.82) is 0 Å². The van der Waals surface area contributed by atoms with Gasteiger partial charge in [0.25, 0.3) is 0 Å². The predicted molar refractivity (Wildman–Crippen MR) is 79.5 cm³/mol. The molecule has 1 amide bonds. The Morgan fingerprint density at radius 1 is 1.50 bits per heavy atom. The van der Waals surface area contributed by atoms with Gasteiger partial charge in [0.2, 0.25) is 5.91 Å². The standard InChI is InChI=1S/C13H17IN2O2/c14-11-5-1-2-6-12(11)15-13(18)8-16-7-3-4-10(16)9-17/h1-2,5-6,10,17H,3-4,7-9H2,(H,15,18). The van der Waals surface area contributed by atoms with Crippen molar-refractivity contribution in [3.8, 4) is 0 Å². The minimum absolute atomic E-state index is 0.0144. The molecule has 0 aliphatic carbocycles. The van der Waals surface area contributed by atoms with Crippen LogP contribution in [0.25, 0.3) is 0 Å². The van der Waals surface area contributed by atoms with Crippen LogP contribution >= 0.6 is 22.6 Å². The van der Waals surface area contributed by atoms with E-state index >= 15 is 0 Å². The summed E-state index contributed by atoms with van der Waals surface area (Å²) in [5.41, 5.74) is 0.850. The van der Waals surface area contributed by atoms with Gasteiger partial charge in [-0.15, -0.1) is 0 Å². The number of carbonyl (C=O) groups is 1. The molecule has 0 spiro atoms. The van der Waals surface area contributed by atoms with E-state index in [1.165, 1.54) is 0 Å².